The van der Waals surface area contributed by atoms with Gasteiger partial charge in [0.2, 0.25) is 0 Å². The smallest absolute Gasteiger partial charge is 0.251 e. The molecule has 1 aliphatic carbocycles. The van der Waals surface area contributed by atoms with E-state index in [-0.39, 0.29) is 29.1 Å². The molecular formula is C17H25NO4S. The molecule has 5 nitrogen and oxygen atoms in total. The molecule has 0 aromatic heterocycles. The van der Waals surface area contributed by atoms with Gasteiger partial charge in [0.15, 0.2) is 9.84 Å². The number of nitrogens with one attached hydrogen (secondary N) is 1. The first-order valence-corrected chi connectivity index (χ1v) is 9.55. The maximum absolute atomic E-state index is 12.3. The van der Waals surface area contributed by atoms with Crippen LogP contribution in [-0.2, 0) is 14.6 Å². The molecule has 0 bridgehead atoms. The van der Waals surface area contributed by atoms with Crippen molar-refractivity contribution in [3.8, 4) is 0 Å². The van der Waals surface area contributed by atoms with Gasteiger partial charge in [0, 0.05) is 11.6 Å². The number of sulfone groups is 1. The van der Waals surface area contributed by atoms with E-state index in [1.165, 1.54) is 12.1 Å². The Balaban J connectivity index is 1.99. The number of ether oxygens (including phenoxy) is 1. The van der Waals surface area contributed by atoms with Crippen LogP contribution in [0.25, 0.3) is 0 Å². The standard InChI is InChI=1S/C17H25NO4S/c1-11(2)22-15-9-14(10-15)18-17(19)13-6-5-7-16(8-13)23(20,21)12(3)4/h5-8,11-12,14-15H,9-10H2,1-4H3,(H,18,19). The van der Waals surface area contributed by atoms with E-state index in [1.54, 1.807) is 26.0 Å². The summed E-state index contributed by atoms with van der Waals surface area (Å²) in [6.07, 6.45) is 1.99. The van der Waals surface area contributed by atoms with Gasteiger partial charge in [-0.15, -0.1) is 0 Å². The highest BCUT2D eigenvalue weighted by molar-refractivity contribution is 7.92. The van der Waals surface area contributed by atoms with Crippen molar-refractivity contribution in [3.05, 3.63) is 29.8 Å². The highest BCUT2D eigenvalue weighted by atomic mass is 32.2. The molecule has 1 fully saturated rings. The molecule has 1 N–H and O–H groups in total. The van der Waals surface area contributed by atoms with Gasteiger partial charge >= 0.3 is 0 Å². The van der Waals surface area contributed by atoms with Crippen LogP contribution in [-0.4, -0.2) is 37.8 Å². The first-order chi connectivity index (χ1) is 10.7. The molecule has 23 heavy (non-hydrogen) atoms. The fourth-order valence-electron chi connectivity index (χ4n) is 2.53. The van der Waals surface area contributed by atoms with Crippen LogP contribution in [0.1, 0.15) is 50.9 Å². The van der Waals surface area contributed by atoms with Crippen molar-refractivity contribution in [2.75, 3.05) is 0 Å². The van der Waals surface area contributed by atoms with E-state index in [9.17, 15) is 13.2 Å². The summed E-state index contributed by atoms with van der Waals surface area (Å²) in [5.41, 5.74) is 0.375. The molecule has 2 rings (SSSR count). The van der Waals surface area contributed by atoms with Gasteiger partial charge < -0.3 is 10.1 Å². The second kappa shape index (κ2) is 7.01. The van der Waals surface area contributed by atoms with Crippen molar-refractivity contribution in [1.82, 2.24) is 5.32 Å². The van der Waals surface area contributed by atoms with E-state index in [2.05, 4.69) is 5.32 Å². The number of benzene rings is 1. The van der Waals surface area contributed by atoms with Crippen LogP contribution in [0.4, 0.5) is 0 Å². The molecule has 0 heterocycles. The van der Waals surface area contributed by atoms with Gasteiger partial charge in [0.1, 0.15) is 0 Å². The van der Waals surface area contributed by atoms with Crippen LogP contribution < -0.4 is 5.32 Å². The third-order valence-electron chi connectivity index (χ3n) is 3.94. The zero-order valence-corrected chi connectivity index (χ0v) is 14.9. The van der Waals surface area contributed by atoms with Gasteiger partial charge in [0.05, 0.1) is 22.4 Å². The fourth-order valence-corrected chi connectivity index (χ4v) is 3.64. The Labute approximate surface area is 138 Å². The van der Waals surface area contributed by atoms with Gasteiger partial charge in [-0.1, -0.05) is 6.07 Å². The summed E-state index contributed by atoms with van der Waals surface area (Å²) < 4.78 is 30.1. The maximum Gasteiger partial charge on any atom is 0.251 e. The third kappa shape index (κ3) is 4.32. The number of amides is 1. The summed E-state index contributed by atoms with van der Waals surface area (Å²) in [5.74, 6) is -0.237. The molecule has 1 saturated carbocycles. The third-order valence-corrected chi connectivity index (χ3v) is 6.09. The quantitative estimate of drug-likeness (QED) is 0.864. The summed E-state index contributed by atoms with van der Waals surface area (Å²) >= 11 is 0. The summed E-state index contributed by atoms with van der Waals surface area (Å²) in [7, 11) is -3.38. The lowest BCUT2D eigenvalue weighted by Gasteiger charge is -2.36. The molecule has 1 amide bonds. The molecule has 0 radical (unpaired) electrons. The van der Waals surface area contributed by atoms with Gasteiger partial charge in [-0.25, -0.2) is 8.42 Å². The Morgan fingerprint density at radius 2 is 1.87 bits per heavy atom. The molecular weight excluding hydrogens is 314 g/mol. The number of hydrogen-bond acceptors (Lipinski definition) is 4. The predicted molar refractivity (Wildman–Crippen MR) is 89.3 cm³/mol. The first kappa shape index (κ1) is 17.9. The highest BCUT2D eigenvalue weighted by Gasteiger charge is 2.32. The molecule has 0 atom stereocenters. The van der Waals surface area contributed by atoms with Gasteiger partial charge in [0.25, 0.3) is 5.91 Å². The highest BCUT2D eigenvalue weighted by Crippen LogP contribution is 2.25. The second-order valence-electron chi connectivity index (χ2n) is 6.57. The Morgan fingerprint density at radius 3 is 2.43 bits per heavy atom. The molecule has 128 valence electrons. The lowest BCUT2D eigenvalue weighted by Crippen LogP contribution is -2.48. The Kier molecular flexibility index (Phi) is 5.47. The van der Waals surface area contributed by atoms with Crippen molar-refractivity contribution >= 4 is 15.7 Å². The van der Waals surface area contributed by atoms with Crippen LogP contribution in [0, 0.1) is 0 Å². The minimum absolute atomic E-state index is 0.0941. The minimum Gasteiger partial charge on any atom is -0.375 e. The average molecular weight is 339 g/mol. The SMILES string of the molecule is CC(C)OC1CC(NC(=O)c2cccc(S(=O)(=O)C(C)C)c2)C1. The fraction of sp³-hybridized carbons (Fsp3) is 0.588. The lowest BCUT2D eigenvalue weighted by molar-refractivity contribution is -0.0482. The van der Waals surface area contributed by atoms with Gasteiger partial charge in [-0.05, 0) is 58.7 Å². The van der Waals surface area contributed by atoms with E-state index in [4.69, 9.17) is 4.74 Å². The van der Waals surface area contributed by atoms with E-state index >= 15 is 0 Å². The topological polar surface area (TPSA) is 72.5 Å². The molecule has 0 unspecified atom stereocenters. The Morgan fingerprint density at radius 1 is 1.22 bits per heavy atom. The zero-order valence-electron chi connectivity index (χ0n) is 14.1. The number of carbonyl (C=O) groups excluding carboxylic acids is 1. The molecule has 0 aliphatic heterocycles. The Bertz CT molecular complexity index is 661. The normalized spacial score (nSPS) is 21.3. The number of rotatable bonds is 6. The van der Waals surface area contributed by atoms with Crippen LogP contribution >= 0.6 is 0 Å². The molecule has 0 spiro atoms. The van der Waals surface area contributed by atoms with Crippen LogP contribution in [0.15, 0.2) is 29.2 Å². The minimum atomic E-state index is -3.38. The van der Waals surface area contributed by atoms with Crippen molar-refractivity contribution < 1.29 is 17.9 Å². The predicted octanol–water partition coefficient (Wildman–Crippen LogP) is 2.55. The van der Waals surface area contributed by atoms with E-state index in [0.29, 0.717) is 5.56 Å². The summed E-state index contributed by atoms with van der Waals surface area (Å²) in [4.78, 5) is 12.5. The van der Waals surface area contributed by atoms with E-state index < -0.39 is 15.1 Å². The molecule has 0 saturated heterocycles. The van der Waals surface area contributed by atoms with Crippen molar-refractivity contribution in [3.63, 3.8) is 0 Å². The number of hydrogen-bond donors (Lipinski definition) is 1. The van der Waals surface area contributed by atoms with Gasteiger partial charge in [-0.3, -0.25) is 4.79 Å². The van der Waals surface area contributed by atoms with Crippen LogP contribution in [0.5, 0.6) is 0 Å². The van der Waals surface area contributed by atoms with Crippen LogP contribution in [0.3, 0.4) is 0 Å². The summed E-state index contributed by atoms with van der Waals surface area (Å²) in [6, 6.07) is 6.31. The molecule has 1 aromatic carbocycles. The molecule has 1 aliphatic rings. The second-order valence-corrected chi connectivity index (χ2v) is 9.07. The Hall–Kier alpha value is -1.40. The monoisotopic (exact) mass is 339 g/mol. The average Bonchev–Trinajstić information content (AvgIpc) is 2.44. The summed E-state index contributed by atoms with van der Waals surface area (Å²) in [5, 5.41) is 2.42. The van der Waals surface area contributed by atoms with Crippen molar-refractivity contribution in [2.45, 2.75) is 68.9 Å². The van der Waals surface area contributed by atoms with Crippen molar-refractivity contribution in [1.29, 1.82) is 0 Å². The molecule has 1 aromatic rings. The summed E-state index contributed by atoms with van der Waals surface area (Å²) in [6.45, 7) is 7.25. The lowest BCUT2D eigenvalue weighted by atomic mass is 9.89. The van der Waals surface area contributed by atoms with E-state index in [1.807, 2.05) is 13.8 Å². The van der Waals surface area contributed by atoms with E-state index in [0.717, 1.165) is 12.8 Å². The molecule has 6 heteroatoms. The number of carbonyl (C=O) groups is 1. The van der Waals surface area contributed by atoms with Crippen LogP contribution in [0.2, 0.25) is 0 Å². The zero-order chi connectivity index (χ0) is 17.2. The maximum atomic E-state index is 12.3. The van der Waals surface area contributed by atoms with Gasteiger partial charge in [-0.2, -0.15) is 0 Å². The first-order valence-electron chi connectivity index (χ1n) is 8.00. The van der Waals surface area contributed by atoms with Crippen molar-refractivity contribution in [2.24, 2.45) is 0 Å². The largest absolute Gasteiger partial charge is 0.375 e.